The molecule has 0 radical (unpaired) electrons. The fraction of sp³-hybridized carbons (Fsp3) is 0.474. The molecule has 3 nitrogen and oxygen atoms in total. The molecule has 0 aromatic heterocycles. The second kappa shape index (κ2) is 7.61. The van der Waals surface area contributed by atoms with Crippen LogP contribution in [0.3, 0.4) is 0 Å². The van der Waals surface area contributed by atoms with Gasteiger partial charge in [0.2, 0.25) is 0 Å². The number of hydrogen-bond acceptors (Lipinski definition) is 3. The zero-order chi connectivity index (χ0) is 17.0. The Morgan fingerprint density at radius 2 is 1.43 bits per heavy atom. The van der Waals surface area contributed by atoms with Crippen LogP contribution in [0.2, 0.25) is 0 Å². The summed E-state index contributed by atoms with van der Waals surface area (Å²) in [5, 5.41) is 2.39. The Bertz CT molecular complexity index is 675. The zero-order valence-corrected chi connectivity index (χ0v) is 15.5. The quantitative estimate of drug-likeness (QED) is 0.584. The summed E-state index contributed by atoms with van der Waals surface area (Å²) in [4.78, 5) is 0. The van der Waals surface area contributed by atoms with Crippen LogP contribution in [0, 0.1) is 0 Å². The lowest BCUT2D eigenvalue weighted by molar-refractivity contribution is 0.142. The summed E-state index contributed by atoms with van der Waals surface area (Å²) in [5.41, 5.74) is 1.18. The lowest BCUT2D eigenvalue weighted by atomic mass is 9.96. The number of fused-ring (bicyclic) bond motifs is 1. The molecule has 2 rings (SSSR count). The van der Waals surface area contributed by atoms with Crippen LogP contribution < -0.4 is 0 Å². The highest BCUT2D eigenvalue weighted by Gasteiger charge is 2.31. The summed E-state index contributed by atoms with van der Waals surface area (Å²) in [6.07, 6.45) is 0.135. The van der Waals surface area contributed by atoms with Gasteiger partial charge in [0.1, 0.15) is 0 Å². The molecule has 0 spiro atoms. The van der Waals surface area contributed by atoms with Crippen molar-refractivity contribution < 1.29 is 13.6 Å². The number of rotatable bonds is 7. The molecule has 0 N–H and O–H groups in total. The van der Waals surface area contributed by atoms with E-state index >= 15 is 0 Å². The lowest BCUT2D eigenvalue weighted by Gasteiger charge is -2.26. The van der Waals surface area contributed by atoms with Crippen LogP contribution in [0.1, 0.15) is 46.1 Å². The molecule has 0 saturated heterocycles. The molecule has 4 heteroatoms. The van der Waals surface area contributed by atoms with E-state index in [1.54, 1.807) is 0 Å². The first-order valence-electron chi connectivity index (χ1n) is 8.24. The largest absolute Gasteiger partial charge is 0.331 e. The summed E-state index contributed by atoms with van der Waals surface area (Å²) in [6, 6.07) is 14.5. The van der Waals surface area contributed by atoms with E-state index < -0.39 is 7.60 Å². The van der Waals surface area contributed by atoms with Gasteiger partial charge in [-0.2, -0.15) is 0 Å². The Kier molecular flexibility index (Phi) is 6.02. The predicted molar refractivity (Wildman–Crippen MR) is 97.3 cm³/mol. The molecular weight excluding hydrogens is 307 g/mol. The Morgan fingerprint density at radius 3 is 2.04 bits per heavy atom. The standard InChI is InChI=1S/C19H27O3P/c1-14(2)21-23(20,22-15(3)4)13-16(5)18-12-8-10-17-9-6-7-11-19(17)18/h6-12,14-16H,13H2,1-5H3. The molecule has 126 valence electrons. The van der Waals surface area contributed by atoms with Gasteiger partial charge >= 0.3 is 7.60 Å². The van der Waals surface area contributed by atoms with Crippen molar-refractivity contribution in [1.29, 1.82) is 0 Å². The van der Waals surface area contributed by atoms with E-state index in [1.165, 1.54) is 16.3 Å². The Labute approximate surface area is 139 Å². The molecule has 1 unspecified atom stereocenters. The van der Waals surface area contributed by atoms with Crippen LogP contribution in [0.4, 0.5) is 0 Å². The molecule has 1 atom stereocenters. The summed E-state index contributed by atoms with van der Waals surface area (Å²) in [5.74, 6) is 0.0874. The molecule has 0 fully saturated rings. The first-order chi connectivity index (χ1) is 10.8. The third-order valence-electron chi connectivity index (χ3n) is 3.59. The van der Waals surface area contributed by atoms with Crippen molar-refractivity contribution in [3.05, 3.63) is 48.0 Å². The average molecular weight is 334 g/mol. The molecule has 0 bridgehead atoms. The topological polar surface area (TPSA) is 35.5 Å². The second-order valence-electron chi connectivity index (χ2n) is 6.57. The zero-order valence-electron chi connectivity index (χ0n) is 14.7. The van der Waals surface area contributed by atoms with E-state index in [0.29, 0.717) is 6.16 Å². The van der Waals surface area contributed by atoms with Crippen molar-refractivity contribution in [1.82, 2.24) is 0 Å². The van der Waals surface area contributed by atoms with Gasteiger partial charge in [-0.25, -0.2) is 0 Å². The van der Waals surface area contributed by atoms with Gasteiger partial charge < -0.3 is 9.05 Å². The third kappa shape index (κ3) is 4.91. The Balaban J connectivity index is 2.30. The maximum atomic E-state index is 13.1. The summed E-state index contributed by atoms with van der Waals surface area (Å²) >= 11 is 0. The minimum atomic E-state index is -3.13. The fourth-order valence-corrected chi connectivity index (χ4v) is 5.24. The number of benzene rings is 2. The van der Waals surface area contributed by atoms with Crippen molar-refractivity contribution in [2.45, 2.75) is 52.7 Å². The van der Waals surface area contributed by atoms with Crippen molar-refractivity contribution in [2.75, 3.05) is 6.16 Å². The van der Waals surface area contributed by atoms with E-state index in [2.05, 4.69) is 31.2 Å². The van der Waals surface area contributed by atoms with Crippen LogP contribution in [-0.4, -0.2) is 18.4 Å². The number of hydrogen-bond donors (Lipinski definition) is 0. The van der Waals surface area contributed by atoms with Crippen LogP contribution in [0.5, 0.6) is 0 Å². The maximum absolute atomic E-state index is 13.1. The first-order valence-corrected chi connectivity index (χ1v) is 9.97. The van der Waals surface area contributed by atoms with Crippen molar-refractivity contribution in [2.24, 2.45) is 0 Å². The third-order valence-corrected chi connectivity index (χ3v) is 6.08. The van der Waals surface area contributed by atoms with Gasteiger partial charge in [-0.05, 0) is 49.9 Å². The molecule has 2 aromatic rings. The summed E-state index contributed by atoms with van der Waals surface area (Å²) in [7, 11) is -3.13. The van der Waals surface area contributed by atoms with Crippen LogP contribution in [-0.2, 0) is 13.6 Å². The van der Waals surface area contributed by atoms with Crippen molar-refractivity contribution >= 4 is 18.4 Å². The van der Waals surface area contributed by atoms with E-state index in [4.69, 9.17) is 9.05 Å². The minimum Gasteiger partial charge on any atom is -0.306 e. The summed E-state index contributed by atoms with van der Waals surface area (Å²) in [6.45, 7) is 9.64. The minimum absolute atomic E-state index is 0.0874. The van der Waals surface area contributed by atoms with E-state index in [9.17, 15) is 4.57 Å². The second-order valence-corrected chi connectivity index (χ2v) is 8.58. The van der Waals surface area contributed by atoms with Gasteiger partial charge in [-0.15, -0.1) is 0 Å². The van der Waals surface area contributed by atoms with Gasteiger partial charge in [-0.1, -0.05) is 49.4 Å². The predicted octanol–water partition coefficient (Wildman–Crippen LogP) is 5.99. The molecule has 0 saturated carbocycles. The van der Waals surface area contributed by atoms with Gasteiger partial charge in [0.25, 0.3) is 0 Å². The molecular formula is C19H27O3P. The van der Waals surface area contributed by atoms with Crippen LogP contribution in [0.25, 0.3) is 10.8 Å². The monoisotopic (exact) mass is 334 g/mol. The highest BCUT2D eigenvalue weighted by atomic mass is 31.2. The van der Waals surface area contributed by atoms with Crippen molar-refractivity contribution in [3.63, 3.8) is 0 Å². The van der Waals surface area contributed by atoms with Crippen LogP contribution in [0.15, 0.2) is 42.5 Å². The highest BCUT2D eigenvalue weighted by Crippen LogP contribution is 2.53. The Hall–Kier alpha value is -1.15. The van der Waals surface area contributed by atoms with E-state index in [0.717, 1.165) is 0 Å². The summed E-state index contributed by atoms with van der Waals surface area (Å²) < 4.78 is 24.5. The molecule has 2 aromatic carbocycles. The van der Waals surface area contributed by atoms with Crippen molar-refractivity contribution in [3.8, 4) is 0 Å². The SMILES string of the molecule is CC(C)OP(=O)(CC(C)c1cccc2ccccc12)OC(C)C. The first kappa shape index (κ1) is 18.2. The molecule has 0 aliphatic heterocycles. The molecule has 0 aliphatic carbocycles. The van der Waals surface area contributed by atoms with Gasteiger partial charge in [0.15, 0.2) is 0 Å². The van der Waals surface area contributed by atoms with Gasteiger partial charge in [-0.3, -0.25) is 4.57 Å². The molecule has 23 heavy (non-hydrogen) atoms. The normalized spacial score (nSPS) is 13.9. The van der Waals surface area contributed by atoms with E-state index in [-0.39, 0.29) is 18.1 Å². The van der Waals surface area contributed by atoms with Gasteiger partial charge in [0.05, 0.1) is 18.4 Å². The molecule has 0 heterocycles. The average Bonchev–Trinajstić information content (AvgIpc) is 2.44. The van der Waals surface area contributed by atoms with Gasteiger partial charge in [0, 0.05) is 0 Å². The molecule has 0 amide bonds. The smallest absolute Gasteiger partial charge is 0.306 e. The Morgan fingerprint density at radius 1 is 0.870 bits per heavy atom. The molecule has 0 aliphatic rings. The maximum Gasteiger partial charge on any atom is 0.331 e. The lowest BCUT2D eigenvalue weighted by Crippen LogP contribution is -2.13. The highest BCUT2D eigenvalue weighted by molar-refractivity contribution is 7.53. The van der Waals surface area contributed by atoms with E-state index in [1.807, 2.05) is 45.9 Å². The van der Waals surface area contributed by atoms with Crippen LogP contribution >= 0.6 is 7.60 Å². The fourth-order valence-electron chi connectivity index (χ4n) is 2.87.